The topological polar surface area (TPSA) is 12.0 Å². The minimum atomic E-state index is 0.574. The van der Waals surface area contributed by atoms with Crippen molar-refractivity contribution in [2.24, 2.45) is 0 Å². The van der Waals surface area contributed by atoms with Crippen molar-refractivity contribution in [3.63, 3.8) is 0 Å². The molecule has 0 bridgehead atoms. The SMILES string of the molecule is CSCCCCNC(C)Cc1ccccc1C. The molecule has 1 unspecified atom stereocenters. The van der Waals surface area contributed by atoms with Crippen LogP contribution in [0.5, 0.6) is 0 Å². The van der Waals surface area contributed by atoms with E-state index in [0.717, 1.165) is 13.0 Å². The maximum Gasteiger partial charge on any atom is 0.00792 e. The van der Waals surface area contributed by atoms with Gasteiger partial charge in [-0.3, -0.25) is 0 Å². The molecule has 1 rings (SSSR count). The number of rotatable bonds is 8. The molecule has 0 aliphatic heterocycles. The number of unbranched alkanes of at least 4 members (excludes halogenated alkanes) is 1. The molecule has 17 heavy (non-hydrogen) atoms. The first-order chi connectivity index (χ1) is 8.24. The van der Waals surface area contributed by atoms with Crippen LogP contribution in [0.25, 0.3) is 0 Å². The molecule has 0 aliphatic carbocycles. The van der Waals surface area contributed by atoms with Crippen molar-refractivity contribution in [1.82, 2.24) is 5.32 Å². The van der Waals surface area contributed by atoms with Gasteiger partial charge in [-0.1, -0.05) is 24.3 Å². The fourth-order valence-corrected chi connectivity index (χ4v) is 2.45. The van der Waals surface area contributed by atoms with Gasteiger partial charge in [0.2, 0.25) is 0 Å². The zero-order valence-electron chi connectivity index (χ0n) is 11.3. The third-order valence-electron chi connectivity index (χ3n) is 3.06. The van der Waals surface area contributed by atoms with E-state index >= 15 is 0 Å². The second-order valence-corrected chi connectivity index (χ2v) is 5.67. The van der Waals surface area contributed by atoms with Gasteiger partial charge in [-0.25, -0.2) is 0 Å². The van der Waals surface area contributed by atoms with Crippen LogP contribution in [-0.2, 0) is 6.42 Å². The van der Waals surface area contributed by atoms with Crippen LogP contribution in [0, 0.1) is 6.92 Å². The van der Waals surface area contributed by atoms with Gasteiger partial charge in [0.15, 0.2) is 0 Å². The summed E-state index contributed by atoms with van der Waals surface area (Å²) in [4.78, 5) is 0. The van der Waals surface area contributed by atoms with E-state index in [4.69, 9.17) is 0 Å². The smallest absolute Gasteiger partial charge is 0.00792 e. The molecule has 0 aliphatic rings. The lowest BCUT2D eigenvalue weighted by Crippen LogP contribution is -2.29. The quantitative estimate of drug-likeness (QED) is 0.708. The zero-order valence-corrected chi connectivity index (χ0v) is 12.1. The number of hydrogen-bond acceptors (Lipinski definition) is 2. The molecule has 1 N–H and O–H groups in total. The molecular weight excluding hydrogens is 226 g/mol. The van der Waals surface area contributed by atoms with Crippen LogP contribution in [0.1, 0.15) is 30.9 Å². The Hall–Kier alpha value is -0.470. The first kappa shape index (κ1) is 14.6. The number of hydrogen-bond donors (Lipinski definition) is 1. The summed E-state index contributed by atoms with van der Waals surface area (Å²) in [5.74, 6) is 1.29. The van der Waals surface area contributed by atoms with Crippen molar-refractivity contribution < 1.29 is 0 Å². The third-order valence-corrected chi connectivity index (χ3v) is 3.75. The average Bonchev–Trinajstić information content (AvgIpc) is 2.32. The highest BCUT2D eigenvalue weighted by molar-refractivity contribution is 7.98. The predicted octanol–water partition coefficient (Wildman–Crippen LogP) is 3.66. The Balaban J connectivity index is 2.21. The minimum Gasteiger partial charge on any atom is -0.314 e. The largest absolute Gasteiger partial charge is 0.314 e. The Kier molecular flexibility index (Phi) is 7.38. The van der Waals surface area contributed by atoms with Gasteiger partial charge in [0.1, 0.15) is 0 Å². The zero-order chi connectivity index (χ0) is 12.5. The number of aryl methyl sites for hydroxylation is 1. The van der Waals surface area contributed by atoms with E-state index in [1.165, 1.54) is 29.7 Å². The van der Waals surface area contributed by atoms with E-state index in [1.54, 1.807) is 0 Å². The second-order valence-electron chi connectivity index (χ2n) is 4.69. The summed E-state index contributed by atoms with van der Waals surface area (Å²) < 4.78 is 0. The van der Waals surface area contributed by atoms with Gasteiger partial charge in [-0.05, 0) is 62.8 Å². The molecule has 0 saturated carbocycles. The molecule has 1 nitrogen and oxygen atoms in total. The molecule has 96 valence electrons. The fraction of sp³-hybridized carbons (Fsp3) is 0.600. The summed E-state index contributed by atoms with van der Waals surface area (Å²) in [6, 6.07) is 9.25. The summed E-state index contributed by atoms with van der Waals surface area (Å²) in [5.41, 5.74) is 2.88. The summed E-state index contributed by atoms with van der Waals surface area (Å²) in [5, 5.41) is 3.61. The summed E-state index contributed by atoms with van der Waals surface area (Å²) in [6.45, 7) is 5.62. The van der Waals surface area contributed by atoms with Crippen LogP contribution in [0.3, 0.4) is 0 Å². The van der Waals surface area contributed by atoms with Gasteiger partial charge >= 0.3 is 0 Å². The van der Waals surface area contributed by atoms with Gasteiger partial charge in [0.05, 0.1) is 0 Å². The molecule has 1 aromatic carbocycles. The summed E-state index contributed by atoms with van der Waals surface area (Å²) in [6.07, 6.45) is 5.92. The summed E-state index contributed by atoms with van der Waals surface area (Å²) >= 11 is 1.94. The average molecular weight is 251 g/mol. The summed E-state index contributed by atoms with van der Waals surface area (Å²) in [7, 11) is 0. The lowest BCUT2D eigenvalue weighted by atomic mass is 10.0. The van der Waals surface area contributed by atoms with Crippen molar-refractivity contribution >= 4 is 11.8 Å². The van der Waals surface area contributed by atoms with Crippen molar-refractivity contribution in [1.29, 1.82) is 0 Å². The van der Waals surface area contributed by atoms with E-state index in [2.05, 4.69) is 49.7 Å². The predicted molar refractivity (Wildman–Crippen MR) is 80.0 cm³/mol. The van der Waals surface area contributed by atoms with E-state index in [9.17, 15) is 0 Å². The molecular formula is C15H25NS. The lowest BCUT2D eigenvalue weighted by molar-refractivity contribution is 0.531. The molecule has 0 amide bonds. The van der Waals surface area contributed by atoms with Crippen LogP contribution in [-0.4, -0.2) is 24.6 Å². The Morgan fingerprint density at radius 1 is 1.24 bits per heavy atom. The Morgan fingerprint density at radius 2 is 2.00 bits per heavy atom. The van der Waals surface area contributed by atoms with Crippen LogP contribution in [0.2, 0.25) is 0 Å². The van der Waals surface area contributed by atoms with Gasteiger partial charge < -0.3 is 5.32 Å². The van der Waals surface area contributed by atoms with Gasteiger partial charge in [-0.2, -0.15) is 11.8 Å². The van der Waals surface area contributed by atoms with Crippen molar-refractivity contribution in [3.05, 3.63) is 35.4 Å². The Labute approximate surface area is 110 Å². The normalized spacial score (nSPS) is 12.6. The third kappa shape index (κ3) is 6.13. The maximum absolute atomic E-state index is 3.61. The van der Waals surface area contributed by atoms with Crippen LogP contribution >= 0.6 is 11.8 Å². The van der Waals surface area contributed by atoms with Crippen molar-refractivity contribution in [2.45, 2.75) is 39.2 Å². The monoisotopic (exact) mass is 251 g/mol. The molecule has 1 aromatic rings. The highest BCUT2D eigenvalue weighted by Gasteiger charge is 2.04. The van der Waals surface area contributed by atoms with E-state index in [1.807, 2.05) is 11.8 Å². The van der Waals surface area contributed by atoms with Gasteiger partial charge in [-0.15, -0.1) is 0 Å². The molecule has 0 spiro atoms. The second kappa shape index (κ2) is 8.60. The molecule has 0 radical (unpaired) electrons. The minimum absolute atomic E-state index is 0.574. The molecule has 1 atom stereocenters. The van der Waals surface area contributed by atoms with Gasteiger partial charge in [0.25, 0.3) is 0 Å². The van der Waals surface area contributed by atoms with Gasteiger partial charge in [0, 0.05) is 6.04 Å². The number of thioether (sulfide) groups is 1. The van der Waals surface area contributed by atoms with E-state index < -0.39 is 0 Å². The molecule has 0 saturated heterocycles. The van der Waals surface area contributed by atoms with Crippen molar-refractivity contribution in [2.75, 3.05) is 18.6 Å². The van der Waals surface area contributed by atoms with Crippen molar-refractivity contribution in [3.8, 4) is 0 Å². The Morgan fingerprint density at radius 3 is 2.71 bits per heavy atom. The molecule has 0 aromatic heterocycles. The first-order valence-corrected chi connectivity index (χ1v) is 7.90. The standard InChI is InChI=1S/C15H25NS/c1-13-8-4-5-9-15(13)12-14(2)16-10-6-7-11-17-3/h4-5,8-9,14,16H,6-7,10-12H2,1-3H3. The maximum atomic E-state index is 3.61. The van der Waals surface area contributed by atoms with Crippen LogP contribution in [0.15, 0.2) is 24.3 Å². The lowest BCUT2D eigenvalue weighted by Gasteiger charge is -2.15. The first-order valence-electron chi connectivity index (χ1n) is 6.51. The van der Waals surface area contributed by atoms with Crippen LogP contribution in [0.4, 0.5) is 0 Å². The Bertz CT molecular complexity index is 312. The van der Waals surface area contributed by atoms with E-state index in [0.29, 0.717) is 6.04 Å². The molecule has 2 heteroatoms. The highest BCUT2D eigenvalue weighted by Crippen LogP contribution is 2.09. The van der Waals surface area contributed by atoms with E-state index in [-0.39, 0.29) is 0 Å². The molecule has 0 fully saturated rings. The number of nitrogens with one attached hydrogen (secondary N) is 1. The fourth-order valence-electron chi connectivity index (χ4n) is 1.96. The number of benzene rings is 1. The molecule has 0 heterocycles. The highest BCUT2D eigenvalue weighted by atomic mass is 32.2. The van der Waals surface area contributed by atoms with Crippen LogP contribution < -0.4 is 5.32 Å².